The molecule has 100 valence electrons. The topological polar surface area (TPSA) is 29.1 Å². The van der Waals surface area contributed by atoms with Crippen LogP contribution >= 0.6 is 0 Å². The highest BCUT2D eigenvalue weighted by Gasteiger charge is 2.15. The van der Waals surface area contributed by atoms with E-state index >= 15 is 0 Å². The highest BCUT2D eigenvalue weighted by Crippen LogP contribution is 2.22. The van der Waals surface area contributed by atoms with Gasteiger partial charge in [-0.15, -0.1) is 0 Å². The zero-order chi connectivity index (χ0) is 13.8. The Bertz CT molecular complexity index is 387. The number of nitrogens with one attached hydrogen (secondary N) is 1. The molecule has 18 heavy (non-hydrogen) atoms. The van der Waals surface area contributed by atoms with Crippen LogP contribution in [0.1, 0.15) is 58.9 Å². The summed E-state index contributed by atoms with van der Waals surface area (Å²) in [6, 6.07) is 8.17. The number of hydrogen-bond donors (Lipinski definition) is 1. The summed E-state index contributed by atoms with van der Waals surface area (Å²) >= 11 is 0. The highest BCUT2D eigenvalue weighted by atomic mass is 16.1. The molecule has 0 aromatic heterocycles. The minimum Gasteiger partial charge on any atom is -0.326 e. The Kier molecular flexibility index (Phi) is 4.94. The van der Waals surface area contributed by atoms with Crippen molar-refractivity contribution in [1.82, 2.24) is 0 Å². The van der Waals surface area contributed by atoms with Crippen LogP contribution in [-0.2, 0) is 4.79 Å². The lowest BCUT2D eigenvalue weighted by Crippen LogP contribution is -2.19. The maximum Gasteiger partial charge on any atom is 0.224 e. The summed E-state index contributed by atoms with van der Waals surface area (Å²) in [6.45, 7) is 10.6. The lowest BCUT2D eigenvalue weighted by atomic mass is 9.92. The minimum atomic E-state index is 0.0285. The average Bonchev–Trinajstić information content (AvgIpc) is 2.26. The summed E-state index contributed by atoms with van der Waals surface area (Å²) in [5.41, 5.74) is 2.24. The SMILES string of the molecule is CC[C@@H](C)c1ccc(NC(=O)CC(C)(C)C)cc1. The van der Waals surface area contributed by atoms with E-state index in [2.05, 4.69) is 52.1 Å². The summed E-state index contributed by atoms with van der Waals surface area (Å²) in [5.74, 6) is 0.656. The van der Waals surface area contributed by atoms with E-state index in [1.165, 1.54) is 5.56 Å². The summed E-state index contributed by atoms with van der Waals surface area (Å²) in [4.78, 5) is 11.8. The fraction of sp³-hybridized carbons (Fsp3) is 0.562. The Labute approximate surface area is 111 Å². The molecule has 0 heterocycles. The van der Waals surface area contributed by atoms with E-state index in [-0.39, 0.29) is 11.3 Å². The first kappa shape index (κ1) is 14.7. The van der Waals surface area contributed by atoms with Crippen molar-refractivity contribution in [2.24, 2.45) is 5.41 Å². The van der Waals surface area contributed by atoms with Crippen molar-refractivity contribution in [3.05, 3.63) is 29.8 Å². The minimum absolute atomic E-state index is 0.0285. The largest absolute Gasteiger partial charge is 0.326 e. The van der Waals surface area contributed by atoms with Crippen molar-refractivity contribution in [3.63, 3.8) is 0 Å². The van der Waals surface area contributed by atoms with Gasteiger partial charge in [0.15, 0.2) is 0 Å². The van der Waals surface area contributed by atoms with Gasteiger partial charge in [-0.25, -0.2) is 0 Å². The van der Waals surface area contributed by atoms with Gasteiger partial charge in [0.05, 0.1) is 0 Å². The molecular formula is C16H25NO. The van der Waals surface area contributed by atoms with Crippen molar-refractivity contribution in [2.45, 2.75) is 53.4 Å². The molecule has 0 aliphatic heterocycles. The molecule has 0 radical (unpaired) electrons. The predicted octanol–water partition coefficient (Wildman–Crippen LogP) is 4.57. The van der Waals surface area contributed by atoms with E-state index in [4.69, 9.17) is 0 Å². The van der Waals surface area contributed by atoms with Crippen LogP contribution in [0.5, 0.6) is 0 Å². The molecule has 0 aliphatic carbocycles. The molecule has 0 fully saturated rings. The van der Waals surface area contributed by atoms with Gasteiger partial charge in [0.1, 0.15) is 0 Å². The van der Waals surface area contributed by atoms with Gasteiger partial charge >= 0.3 is 0 Å². The monoisotopic (exact) mass is 247 g/mol. The van der Waals surface area contributed by atoms with Crippen molar-refractivity contribution in [3.8, 4) is 0 Å². The second kappa shape index (κ2) is 6.03. The Balaban J connectivity index is 2.61. The molecule has 0 saturated carbocycles. The maximum absolute atomic E-state index is 11.8. The zero-order valence-corrected chi connectivity index (χ0v) is 12.2. The van der Waals surface area contributed by atoms with E-state index in [9.17, 15) is 4.79 Å². The third-order valence-corrected chi connectivity index (χ3v) is 3.07. The first-order valence-corrected chi connectivity index (χ1v) is 6.71. The van der Waals surface area contributed by atoms with Crippen LogP contribution in [0, 0.1) is 5.41 Å². The van der Waals surface area contributed by atoms with Gasteiger partial charge in [-0.1, -0.05) is 46.8 Å². The second-order valence-corrected chi connectivity index (χ2v) is 6.22. The number of amides is 1. The average molecular weight is 247 g/mol. The van der Waals surface area contributed by atoms with Crippen LogP contribution in [0.15, 0.2) is 24.3 Å². The van der Waals surface area contributed by atoms with Crippen LogP contribution in [0.2, 0.25) is 0 Å². The number of rotatable bonds is 4. The Hall–Kier alpha value is -1.31. The standard InChI is InChI=1S/C16H25NO/c1-6-12(2)13-7-9-14(10-8-13)17-15(18)11-16(3,4)5/h7-10,12H,6,11H2,1-5H3,(H,17,18)/t12-/m1/s1. The van der Waals surface area contributed by atoms with Crippen molar-refractivity contribution < 1.29 is 4.79 Å². The van der Waals surface area contributed by atoms with Crippen molar-refractivity contribution >= 4 is 11.6 Å². The molecule has 0 saturated heterocycles. The third kappa shape index (κ3) is 4.91. The molecule has 0 unspecified atom stereocenters. The molecule has 1 aromatic carbocycles. The number of carbonyl (C=O) groups is 1. The molecule has 2 nitrogen and oxygen atoms in total. The molecule has 1 atom stereocenters. The molecule has 0 bridgehead atoms. The maximum atomic E-state index is 11.8. The van der Waals surface area contributed by atoms with Crippen LogP contribution in [-0.4, -0.2) is 5.91 Å². The first-order valence-electron chi connectivity index (χ1n) is 6.71. The van der Waals surface area contributed by atoms with Crippen LogP contribution in [0.25, 0.3) is 0 Å². The Morgan fingerprint density at radius 1 is 1.22 bits per heavy atom. The molecule has 2 heteroatoms. The van der Waals surface area contributed by atoms with Crippen molar-refractivity contribution in [1.29, 1.82) is 0 Å². The molecule has 0 aliphatic rings. The Morgan fingerprint density at radius 2 is 1.78 bits per heavy atom. The van der Waals surface area contributed by atoms with Gasteiger partial charge in [-0.2, -0.15) is 0 Å². The van der Waals surface area contributed by atoms with Gasteiger partial charge in [-0.05, 0) is 35.4 Å². The zero-order valence-electron chi connectivity index (χ0n) is 12.2. The van der Waals surface area contributed by atoms with Crippen molar-refractivity contribution in [2.75, 3.05) is 5.32 Å². The summed E-state index contributed by atoms with van der Waals surface area (Å²) in [7, 11) is 0. The third-order valence-electron chi connectivity index (χ3n) is 3.07. The lowest BCUT2D eigenvalue weighted by molar-refractivity contribution is -0.117. The normalized spacial score (nSPS) is 13.2. The summed E-state index contributed by atoms with van der Waals surface area (Å²) in [5, 5.41) is 2.94. The highest BCUT2D eigenvalue weighted by molar-refractivity contribution is 5.91. The molecule has 1 aromatic rings. The van der Waals surface area contributed by atoms with E-state index < -0.39 is 0 Å². The van der Waals surface area contributed by atoms with E-state index in [0.29, 0.717) is 12.3 Å². The molecule has 1 amide bonds. The second-order valence-electron chi connectivity index (χ2n) is 6.22. The van der Waals surface area contributed by atoms with Crippen LogP contribution in [0.4, 0.5) is 5.69 Å². The van der Waals surface area contributed by atoms with Crippen LogP contribution < -0.4 is 5.32 Å². The Morgan fingerprint density at radius 3 is 2.22 bits per heavy atom. The fourth-order valence-corrected chi connectivity index (χ4v) is 1.82. The van der Waals surface area contributed by atoms with Gasteiger partial charge in [0.25, 0.3) is 0 Å². The number of benzene rings is 1. The number of anilines is 1. The van der Waals surface area contributed by atoms with E-state index in [0.717, 1.165) is 12.1 Å². The number of hydrogen-bond acceptors (Lipinski definition) is 1. The lowest BCUT2D eigenvalue weighted by Gasteiger charge is -2.17. The molecular weight excluding hydrogens is 222 g/mol. The summed E-state index contributed by atoms with van der Waals surface area (Å²) in [6.07, 6.45) is 1.68. The molecule has 1 N–H and O–H groups in total. The van der Waals surface area contributed by atoms with Gasteiger partial charge in [0.2, 0.25) is 5.91 Å². The van der Waals surface area contributed by atoms with Gasteiger partial charge in [-0.3, -0.25) is 4.79 Å². The van der Waals surface area contributed by atoms with E-state index in [1.54, 1.807) is 0 Å². The molecule has 1 rings (SSSR count). The number of carbonyl (C=O) groups excluding carboxylic acids is 1. The first-order chi connectivity index (χ1) is 8.31. The fourth-order valence-electron chi connectivity index (χ4n) is 1.82. The quantitative estimate of drug-likeness (QED) is 0.829. The van der Waals surface area contributed by atoms with Crippen LogP contribution in [0.3, 0.4) is 0 Å². The van der Waals surface area contributed by atoms with Gasteiger partial charge < -0.3 is 5.32 Å². The predicted molar refractivity (Wildman–Crippen MR) is 77.8 cm³/mol. The molecule has 0 spiro atoms. The smallest absolute Gasteiger partial charge is 0.224 e. The summed E-state index contributed by atoms with van der Waals surface area (Å²) < 4.78 is 0. The van der Waals surface area contributed by atoms with E-state index in [1.807, 2.05) is 12.1 Å². The van der Waals surface area contributed by atoms with Gasteiger partial charge in [0, 0.05) is 12.1 Å².